The van der Waals surface area contributed by atoms with Gasteiger partial charge in [-0.2, -0.15) is 11.3 Å². The molecule has 1 amide bonds. The lowest BCUT2D eigenvalue weighted by molar-refractivity contribution is 0.0948. The smallest absolute Gasteiger partial charge is 0.251 e. The van der Waals surface area contributed by atoms with E-state index in [1.54, 1.807) is 18.4 Å². The molecule has 0 saturated carbocycles. The van der Waals surface area contributed by atoms with Crippen LogP contribution in [0, 0.1) is 0 Å². The van der Waals surface area contributed by atoms with Gasteiger partial charge >= 0.3 is 0 Å². The normalized spacial score (nSPS) is 10.4. The third-order valence-electron chi connectivity index (χ3n) is 2.81. The Hall–Kier alpha value is -1.65. The van der Waals surface area contributed by atoms with Gasteiger partial charge in [-0.1, -0.05) is 12.1 Å². The molecule has 0 fully saturated rings. The largest absolute Gasteiger partial charge is 0.385 e. The average molecular weight is 275 g/mol. The molecule has 19 heavy (non-hydrogen) atoms. The number of hydrogen-bond donors (Lipinski definition) is 1. The van der Waals surface area contributed by atoms with E-state index < -0.39 is 0 Å². The van der Waals surface area contributed by atoms with Crippen molar-refractivity contribution in [1.82, 2.24) is 5.32 Å². The number of carbonyl (C=O) groups is 1. The molecular formula is C15H17NO2S. The summed E-state index contributed by atoms with van der Waals surface area (Å²) < 4.78 is 4.94. The molecule has 0 unspecified atom stereocenters. The zero-order valence-electron chi connectivity index (χ0n) is 10.9. The summed E-state index contributed by atoms with van der Waals surface area (Å²) >= 11 is 1.67. The molecule has 1 heterocycles. The Morgan fingerprint density at radius 2 is 2.00 bits per heavy atom. The number of hydrogen-bond acceptors (Lipinski definition) is 3. The SMILES string of the molecule is COCCCNC(=O)c1ccc(-c2ccsc2)cc1. The highest BCUT2D eigenvalue weighted by Crippen LogP contribution is 2.22. The maximum absolute atomic E-state index is 11.9. The standard InChI is InChI=1S/C15H17NO2S/c1-18-9-2-8-16-15(17)13-5-3-12(4-6-13)14-7-10-19-11-14/h3-7,10-11H,2,8-9H2,1H3,(H,16,17). The molecule has 0 radical (unpaired) electrons. The van der Waals surface area contributed by atoms with E-state index in [9.17, 15) is 4.79 Å². The van der Waals surface area contributed by atoms with Gasteiger partial charge in [-0.05, 0) is 46.5 Å². The van der Waals surface area contributed by atoms with E-state index in [1.807, 2.05) is 29.6 Å². The predicted molar refractivity (Wildman–Crippen MR) is 78.6 cm³/mol. The summed E-state index contributed by atoms with van der Waals surface area (Å²) in [6, 6.07) is 9.75. The monoisotopic (exact) mass is 275 g/mol. The number of amides is 1. The van der Waals surface area contributed by atoms with Crippen LogP contribution in [0.2, 0.25) is 0 Å². The van der Waals surface area contributed by atoms with Crippen LogP contribution < -0.4 is 5.32 Å². The molecule has 0 aliphatic heterocycles. The van der Waals surface area contributed by atoms with Crippen LogP contribution in [0.25, 0.3) is 11.1 Å². The molecule has 0 saturated heterocycles. The van der Waals surface area contributed by atoms with Gasteiger partial charge in [-0.3, -0.25) is 4.79 Å². The van der Waals surface area contributed by atoms with Crippen molar-refractivity contribution in [3.05, 3.63) is 46.7 Å². The Bertz CT molecular complexity index is 505. The average Bonchev–Trinajstić information content (AvgIpc) is 2.98. The molecule has 1 aromatic carbocycles. The van der Waals surface area contributed by atoms with Gasteiger partial charge in [0.25, 0.3) is 5.91 Å². The van der Waals surface area contributed by atoms with Crippen molar-refractivity contribution in [3.8, 4) is 11.1 Å². The molecule has 1 aromatic heterocycles. The number of methoxy groups -OCH3 is 1. The van der Waals surface area contributed by atoms with Crippen molar-refractivity contribution in [2.45, 2.75) is 6.42 Å². The molecular weight excluding hydrogens is 258 g/mol. The predicted octanol–water partition coefficient (Wildman–Crippen LogP) is 3.18. The second-order valence-corrected chi connectivity index (χ2v) is 4.97. The van der Waals surface area contributed by atoms with E-state index in [-0.39, 0.29) is 5.91 Å². The van der Waals surface area contributed by atoms with Gasteiger partial charge < -0.3 is 10.1 Å². The van der Waals surface area contributed by atoms with Crippen molar-refractivity contribution in [1.29, 1.82) is 0 Å². The first kappa shape index (κ1) is 13.8. The lowest BCUT2D eigenvalue weighted by Crippen LogP contribution is -2.25. The van der Waals surface area contributed by atoms with Crippen molar-refractivity contribution >= 4 is 17.2 Å². The molecule has 1 N–H and O–H groups in total. The van der Waals surface area contributed by atoms with Gasteiger partial charge in [0.2, 0.25) is 0 Å². The molecule has 0 aliphatic carbocycles. The summed E-state index contributed by atoms with van der Waals surface area (Å²) in [5.74, 6) is -0.0343. The van der Waals surface area contributed by atoms with E-state index in [1.165, 1.54) is 5.56 Å². The molecule has 0 bridgehead atoms. The summed E-state index contributed by atoms with van der Waals surface area (Å²) in [7, 11) is 1.66. The van der Waals surface area contributed by atoms with E-state index in [0.717, 1.165) is 12.0 Å². The van der Waals surface area contributed by atoms with Gasteiger partial charge in [0.05, 0.1) is 0 Å². The Morgan fingerprint density at radius 3 is 2.63 bits per heavy atom. The second kappa shape index (κ2) is 7.07. The van der Waals surface area contributed by atoms with E-state index >= 15 is 0 Å². The van der Waals surface area contributed by atoms with Crippen molar-refractivity contribution in [2.24, 2.45) is 0 Å². The van der Waals surface area contributed by atoms with Crippen LogP contribution in [0.1, 0.15) is 16.8 Å². The highest BCUT2D eigenvalue weighted by Gasteiger charge is 2.05. The Labute approximate surface area is 117 Å². The van der Waals surface area contributed by atoms with Gasteiger partial charge in [0, 0.05) is 25.8 Å². The third-order valence-corrected chi connectivity index (χ3v) is 3.50. The lowest BCUT2D eigenvalue weighted by atomic mass is 10.1. The summed E-state index contributed by atoms with van der Waals surface area (Å²) in [6.45, 7) is 1.30. The molecule has 4 heteroatoms. The highest BCUT2D eigenvalue weighted by molar-refractivity contribution is 7.08. The first-order valence-corrected chi connectivity index (χ1v) is 7.15. The summed E-state index contributed by atoms with van der Waals surface area (Å²) in [4.78, 5) is 11.9. The Kier molecular flexibility index (Phi) is 5.12. The zero-order valence-corrected chi connectivity index (χ0v) is 11.7. The molecule has 0 aliphatic rings. The fourth-order valence-electron chi connectivity index (χ4n) is 1.76. The van der Waals surface area contributed by atoms with Crippen LogP contribution in [0.3, 0.4) is 0 Å². The number of ether oxygens (including phenoxy) is 1. The van der Waals surface area contributed by atoms with Gasteiger partial charge in [0.15, 0.2) is 0 Å². The molecule has 100 valence electrons. The first-order chi connectivity index (χ1) is 9.31. The van der Waals surface area contributed by atoms with E-state index in [4.69, 9.17) is 4.74 Å². The number of nitrogens with one attached hydrogen (secondary N) is 1. The van der Waals surface area contributed by atoms with Gasteiger partial charge in [0.1, 0.15) is 0 Å². The highest BCUT2D eigenvalue weighted by atomic mass is 32.1. The van der Waals surface area contributed by atoms with Crippen molar-refractivity contribution in [3.63, 3.8) is 0 Å². The fraction of sp³-hybridized carbons (Fsp3) is 0.267. The maximum Gasteiger partial charge on any atom is 0.251 e. The van der Waals surface area contributed by atoms with Crippen LogP contribution >= 0.6 is 11.3 Å². The Balaban J connectivity index is 1.93. The van der Waals surface area contributed by atoms with E-state index in [0.29, 0.717) is 18.7 Å². The maximum atomic E-state index is 11.9. The summed E-state index contributed by atoms with van der Waals surface area (Å²) in [6.07, 6.45) is 0.829. The third kappa shape index (κ3) is 3.91. The molecule has 2 rings (SSSR count). The van der Waals surface area contributed by atoms with Gasteiger partial charge in [-0.25, -0.2) is 0 Å². The fourth-order valence-corrected chi connectivity index (χ4v) is 2.43. The molecule has 2 aromatic rings. The summed E-state index contributed by atoms with van der Waals surface area (Å²) in [5, 5.41) is 7.02. The van der Waals surface area contributed by atoms with Crippen LogP contribution in [0.5, 0.6) is 0 Å². The molecule has 3 nitrogen and oxygen atoms in total. The number of thiophene rings is 1. The van der Waals surface area contributed by atoms with Crippen LogP contribution in [-0.2, 0) is 4.74 Å². The molecule has 0 spiro atoms. The minimum absolute atomic E-state index is 0.0343. The minimum atomic E-state index is -0.0343. The second-order valence-electron chi connectivity index (χ2n) is 4.19. The number of rotatable bonds is 6. The Morgan fingerprint density at radius 1 is 1.21 bits per heavy atom. The number of carbonyl (C=O) groups excluding carboxylic acids is 1. The van der Waals surface area contributed by atoms with Crippen LogP contribution in [0.4, 0.5) is 0 Å². The first-order valence-electron chi connectivity index (χ1n) is 6.21. The van der Waals surface area contributed by atoms with Crippen molar-refractivity contribution in [2.75, 3.05) is 20.3 Å². The van der Waals surface area contributed by atoms with Crippen molar-refractivity contribution < 1.29 is 9.53 Å². The lowest BCUT2D eigenvalue weighted by Gasteiger charge is -2.05. The topological polar surface area (TPSA) is 38.3 Å². The summed E-state index contributed by atoms with van der Waals surface area (Å²) in [5.41, 5.74) is 3.02. The van der Waals surface area contributed by atoms with Gasteiger partial charge in [-0.15, -0.1) is 0 Å². The van der Waals surface area contributed by atoms with Crippen LogP contribution in [-0.4, -0.2) is 26.2 Å². The zero-order chi connectivity index (χ0) is 13.5. The molecule has 0 atom stereocenters. The van der Waals surface area contributed by atoms with E-state index in [2.05, 4.69) is 16.8 Å². The minimum Gasteiger partial charge on any atom is -0.385 e. The quantitative estimate of drug-likeness (QED) is 0.822. The number of benzene rings is 1. The van der Waals surface area contributed by atoms with Crippen LogP contribution in [0.15, 0.2) is 41.1 Å².